The van der Waals surface area contributed by atoms with E-state index in [4.69, 9.17) is 0 Å². The Morgan fingerprint density at radius 1 is 0.818 bits per heavy atom. The van der Waals surface area contributed by atoms with E-state index in [0.717, 1.165) is 17.3 Å². The molecule has 0 N–H and O–H groups in total. The molecule has 2 aliphatic rings. The lowest BCUT2D eigenvalue weighted by Crippen LogP contribution is -2.64. The van der Waals surface area contributed by atoms with Crippen LogP contribution in [0.3, 0.4) is 0 Å². The lowest BCUT2D eigenvalue weighted by atomic mass is 9.87. The smallest absolute Gasteiger partial charge is 0.399 e. The van der Waals surface area contributed by atoms with Gasteiger partial charge in [0.2, 0.25) is 12.0 Å². The summed E-state index contributed by atoms with van der Waals surface area (Å²) in [6.07, 6.45) is 4.02. The Morgan fingerprint density at radius 2 is 1.24 bits per heavy atom. The van der Waals surface area contributed by atoms with Crippen molar-refractivity contribution in [2.45, 2.75) is 66.8 Å². The summed E-state index contributed by atoms with van der Waals surface area (Å²) in [6, 6.07) is 9.00. The van der Waals surface area contributed by atoms with Crippen LogP contribution in [0.2, 0.25) is 0 Å². The van der Waals surface area contributed by atoms with Gasteiger partial charge in [0.15, 0.2) is 33.3 Å². The van der Waals surface area contributed by atoms with Crippen LogP contribution in [0.15, 0.2) is 29.2 Å². The van der Waals surface area contributed by atoms with Crippen molar-refractivity contribution < 1.29 is 47.0 Å². The molecule has 2 aliphatic heterocycles. The lowest BCUT2D eigenvalue weighted by Gasteiger charge is -2.42. The van der Waals surface area contributed by atoms with E-state index in [9.17, 15) is 43.2 Å². The second-order valence-corrected chi connectivity index (χ2v) is 13.0. The van der Waals surface area contributed by atoms with E-state index in [0.29, 0.717) is 0 Å². The molecule has 33 heavy (non-hydrogen) atoms. The SMILES string of the molecule is CC(C)(C)c1ccc(S[O+]2CCCCC2)cc1.O=S1(=O)[N-]S(=O)(=O)C(F)(F)C(F)(F)C1(F)F. The van der Waals surface area contributed by atoms with Gasteiger partial charge in [-0.05, 0) is 29.5 Å². The predicted octanol–water partition coefficient (Wildman–Crippen LogP) is 5.58. The normalized spacial score (nSPS) is 25.5. The average Bonchev–Trinajstić information content (AvgIpc) is 2.67. The van der Waals surface area contributed by atoms with Crippen molar-refractivity contribution in [2.75, 3.05) is 13.2 Å². The monoisotopic (exact) mass is 543 g/mol. The molecule has 0 radical (unpaired) electrons. The van der Waals surface area contributed by atoms with Crippen molar-refractivity contribution in [1.82, 2.24) is 0 Å². The summed E-state index contributed by atoms with van der Waals surface area (Å²) >= 11 is 1.83. The predicted molar refractivity (Wildman–Crippen MR) is 112 cm³/mol. The zero-order valence-corrected chi connectivity index (χ0v) is 20.3. The molecule has 0 aromatic heterocycles. The molecular weight excluding hydrogens is 520 g/mol. The van der Waals surface area contributed by atoms with Gasteiger partial charge in [0, 0.05) is 12.8 Å². The van der Waals surface area contributed by atoms with E-state index < -0.39 is 36.5 Å². The third-order valence-electron chi connectivity index (χ3n) is 4.75. The van der Waals surface area contributed by atoms with Crippen molar-refractivity contribution in [3.05, 3.63) is 34.0 Å². The van der Waals surface area contributed by atoms with Gasteiger partial charge in [0.1, 0.15) is 0 Å². The summed E-state index contributed by atoms with van der Waals surface area (Å²) in [4.78, 5) is 1.34. The molecule has 0 bridgehead atoms. The van der Waals surface area contributed by atoms with Crippen molar-refractivity contribution in [3.63, 3.8) is 0 Å². The number of benzene rings is 1. The quantitative estimate of drug-likeness (QED) is 0.276. The third kappa shape index (κ3) is 5.46. The highest BCUT2D eigenvalue weighted by Crippen LogP contribution is 2.57. The molecule has 2 fully saturated rings. The molecule has 2 saturated heterocycles. The minimum absolute atomic E-state index is 0.251. The maximum absolute atomic E-state index is 12.4. The van der Waals surface area contributed by atoms with Crippen molar-refractivity contribution in [1.29, 1.82) is 0 Å². The molecule has 0 unspecified atom stereocenters. The summed E-state index contributed by atoms with van der Waals surface area (Å²) in [7, 11) is -13.1. The second kappa shape index (κ2) is 9.21. The van der Waals surface area contributed by atoms with Gasteiger partial charge >= 0.3 is 16.4 Å². The van der Waals surface area contributed by atoms with Crippen LogP contribution in [-0.4, -0.2) is 46.5 Å². The number of rotatable bonds is 2. The maximum atomic E-state index is 12.4. The van der Waals surface area contributed by atoms with Crippen molar-refractivity contribution in [3.8, 4) is 0 Å². The molecular formula is C18H23F6NO5S3. The number of hydrogen-bond acceptors (Lipinski definition) is 5. The van der Waals surface area contributed by atoms with E-state index in [1.807, 2.05) is 12.0 Å². The van der Waals surface area contributed by atoms with Crippen LogP contribution in [0.25, 0.3) is 4.13 Å². The number of nitrogens with zero attached hydrogens (tertiary/aromatic N) is 1. The van der Waals surface area contributed by atoms with Crippen molar-refractivity contribution in [2.24, 2.45) is 0 Å². The fourth-order valence-corrected chi connectivity index (χ4v) is 6.42. The molecule has 6 nitrogen and oxygen atoms in total. The van der Waals surface area contributed by atoms with Gasteiger partial charge in [-0.25, -0.2) is 16.8 Å². The fourth-order valence-electron chi connectivity index (χ4n) is 2.75. The first-order chi connectivity index (χ1) is 14.8. The van der Waals surface area contributed by atoms with Crippen LogP contribution < -0.4 is 0 Å². The van der Waals surface area contributed by atoms with E-state index in [2.05, 4.69) is 48.9 Å². The summed E-state index contributed by atoms with van der Waals surface area (Å²) in [5, 5.41) is -12.6. The summed E-state index contributed by atoms with van der Waals surface area (Å²) < 4.78 is 120. The van der Waals surface area contributed by atoms with Crippen LogP contribution in [0.1, 0.15) is 45.6 Å². The Labute approximate surface area is 193 Å². The topological polar surface area (TPSA) is 85.1 Å². The van der Waals surface area contributed by atoms with Gasteiger partial charge in [0.25, 0.3) is 0 Å². The first-order valence-corrected chi connectivity index (χ1v) is 13.2. The highest BCUT2D eigenvalue weighted by atomic mass is 32.3. The Hall–Kier alpha value is -1.03. The minimum Gasteiger partial charge on any atom is -0.425 e. The van der Waals surface area contributed by atoms with Crippen molar-refractivity contribution >= 4 is 32.1 Å². The largest absolute Gasteiger partial charge is 0.425 e. The van der Waals surface area contributed by atoms with Crippen LogP contribution in [-0.2, 0) is 29.3 Å². The van der Waals surface area contributed by atoms with E-state index in [1.54, 1.807) is 0 Å². The lowest BCUT2D eigenvalue weighted by molar-refractivity contribution is -0.244. The first kappa shape index (κ1) is 28.2. The zero-order chi connectivity index (χ0) is 25.5. The number of hydrogen-bond donors (Lipinski definition) is 0. The number of halogens is 6. The van der Waals surface area contributed by atoms with E-state index in [1.165, 1.54) is 29.7 Å². The average molecular weight is 544 g/mol. The first-order valence-electron chi connectivity index (χ1n) is 9.59. The number of sulfonamides is 2. The molecule has 3 rings (SSSR count). The molecule has 15 heteroatoms. The molecule has 190 valence electrons. The van der Waals surface area contributed by atoms with Crippen LogP contribution >= 0.6 is 12.0 Å². The minimum atomic E-state index is -6.60. The second-order valence-electron chi connectivity index (χ2n) is 8.40. The van der Waals surface area contributed by atoms with Gasteiger partial charge in [-0.3, -0.25) is 0 Å². The maximum Gasteiger partial charge on any atom is 0.399 e. The molecule has 1 aromatic rings. The van der Waals surface area contributed by atoms with Crippen LogP contribution in [0.4, 0.5) is 26.3 Å². The van der Waals surface area contributed by atoms with E-state index in [-0.39, 0.29) is 5.41 Å². The highest BCUT2D eigenvalue weighted by Gasteiger charge is 2.81. The van der Waals surface area contributed by atoms with Gasteiger partial charge in [-0.2, -0.15) is 26.3 Å². The molecule has 0 aliphatic carbocycles. The summed E-state index contributed by atoms with van der Waals surface area (Å²) in [5.41, 5.74) is 1.66. The fraction of sp³-hybridized carbons (Fsp3) is 0.667. The molecule has 1 aromatic carbocycles. The highest BCUT2D eigenvalue weighted by molar-refractivity contribution is 8.13. The van der Waals surface area contributed by atoms with Gasteiger partial charge in [-0.15, -0.1) is 0 Å². The van der Waals surface area contributed by atoms with Crippen LogP contribution in [0, 0.1) is 0 Å². The Morgan fingerprint density at radius 3 is 1.64 bits per heavy atom. The van der Waals surface area contributed by atoms with Gasteiger partial charge in [0.05, 0.1) is 4.90 Å². The molecule has 0 saturated carbocycles. The van der Waals surface area contributed by atoms with Gasteiger partial charge in [-0.1, -0.05) is 32.9 Å². The molecule has 0 spiro atoms. The summed E-state index contributed by atoms with van der Waals surface area (Å²) in [5.74, 6) is -6.60. The molecule has 2 heterocycles. The Kier molecular flexibility index (Phi) is 7.87. The van der Waals surface area contributed by atoms with E-state index >= 15 is 0 Å². The molecule has 0 atom stereocenters. The Balaban J connectivity index is 0.000000234. The van der Waals surface area contributed by atoms with Gasteiger partial charge < -0.3 is 7.94 Å². The van der Waals surface area contributed by atoms with Crippen LogP contribution in [0.5, 0.6) is 0 Å². The summed E-state index contributed by atoms with van der Waals surface area (Å²) in [6.45, 7) is 9.09. The zero-order valence-electron chi connectivity index (χ0n) is 17.8. The third-order valence-corrected chi connectivity index (χ3v) is 9.17. The molecule has 0 amide bonds. The number of alkyl halides is 6. The Bertz CT molecular complexity index is 1000. The standard InChI is InChI=1S/C15H23OS.C3F6NO4S2/c1-15(2,3)13-7-9-14(10-8-13)17-16-11-5-4-6-12-16;4-1(5)2(6,7)15(11,12)10-16(13,14)3(1,8)9/h7-10H,4-6,11-12H2,1-3H3;/q+1;-1.